The SMILES string of the molecule is Cc1nc(-c2ncc(-c3ccccc3)s2)sc1C1CC1. The summed E-state index contributed by atoms with van der Waals surface area (Å²) in [5.41, 5.74) is 2.43. The molecule has 0 bridgehead atoms. The molecule has 3 aromatic rings. The Morgan fingerprint density at radius 2 is 1.85 bits per heavy atom. The first-order chi connectivity index (χ1) is 9.81. The van der Waals surface area contributed by atoms with Crippen molar-refractivity contribution >= 4 is 22.7 Å². The Bertz CT molecular complexity index is 739. The van der Waals surface area contributed by atoms with Gasteiger partial charge in [-0.2, -0.15) is 0 Å². The minimum atomic E-state index is 0.773. The van der Waals surface area contributed by atoms with Gasteiger partial charge in [-0.3, -0.25) is 0 Å². The summed E-state index contributed by atoms with van der Waals surface area (Å²) >= 11 is 3.56. The van der Waals surface area contributed by atoms with Crippen LogP contribution in [0.25, 0.3) is 20.5 Å². The molecule has 100 valence electrons. The third kappa shape index (κ3) is 2.19. The first-order valence-corrected chi connectivity index (χ1v) is 8.43. The van der Waals surface area contributed by atoms with Crippen LogP contribution in [-0.2, 0) is 0 Å². The molecule has 1 aromatic carbocycles. The van der Waals surface area contributed by atoms with Crippen LogP contribution in [0.3, 0.4) is 0 Å². The Kier molecular flexibility index (Phi) is 2.93. The second-order valence-electron chi connectivity index (χ2n) is 5.14. The van der Waals surface area contributed by atoms with E-state index in [-0.39, 0.29) is 0 Å². The molecule has 0 N–H and O–H groups in total. The van der Waals surface area contributed by atoms with E-state index >= 15 is 0 Å². The van der Waals surface area contributed by atoms with Crippen LogP contribution in [0.1, 0.15) is 29.3 Å². The van der Waals surface area contributed by atoms with E-state index < -0.39 is 0 Å². The summed E-state index contributed by atoms with van der Waals surface area (Å²) in [6.45, 7) is 2.12. The third-order valence-electron chi connectivity index (χ3n) is 3.53. The van der Waals surface area contributed by atoms with Gasteiger partial charge >= 0.3 is 0 Å². The van der Waals surface area contributed by atoms with E-state index in [1.54, 1.807) is 11.3 Å². The highest BCUT2D eigenvalue weighted by atomic mass is 32.1. The van der Waals surface area contributed by atoms with Gasteiger partial charge in [0.05, 0.1) is 10.6 Å². The molecule has 0 atom stereocenters. The molecule has 0 saturated heterocycles. The molecule has 2 aromatic heterocycles. The van der Waals surface area contributed by atoms with Crippen molar-refractivity contribution in [3.05, 3.63) is 47.1 Å². The second kappa shape index (κ2) is 4.79. The van der Waals surface area contributed by atoms with E-state index in [1.165, 1.54) is 33.9 Å². The van der Waals surface area contributed by atoms with Crippen LogP contribution in [0.2, 0.25) is 0 Å². The molecule has 0 aliphatic heterocycles. The maximum Gasteiger partial charge on any atom is 0.152 e. The number of aromatic nitrogens is 2. The first kappa shape index (κ1) is 12.2. The minimum absolute atomic E-state index is 0.773. The summed E-state index contributed by atoms with van der Waals surface area (Å²) in [6.07, 6.45) is 4.62. The maximum atomic E-state index is 4.72. The predicted molar refractivity (Wildman–Crippen MR) is 85.4 cm³/mol. The van der Waals surface area contributed by atoms with Crippen molar-refractivity contribution in [2.24, 2.45) is 0 Å². The highest BCUT2D eigenvalue weighted by molar-refractivity contribution is 7.23. The van der Waals surface area contributed by atoms with Gasteiger partial charge in [0.2, 0.25) is 0 Å². The highest BCUT2D eigenvalue weighted by Gasteiger charge is 2.28. The van der Waals surface area contributed by atoms with Crippen LogP contribution < -0.4 is 0 Å². The Balaban J connectivity index is 1.69. The fourth-order valence-corrected chi connectivity index (χ4v) is 4.52. The molecule has 0 unspecified atom stereocenters. The van der Waals surface area contributed by atoms with E-state index in [9.17, 15) is 0 Å². The number of nitrogens with zero attached hydrogens (tertiary/aromatic N) is 2. The van der Waals surface area contributed by atoms with Gasteiger partial charge in [-0.15, -0.1) is 22.7 Å². The van der Waals surface area contributed by atoms with Gasteiger partial charge < -0.3 is 0 Å². The molecule has 1 fully saturated rings. The number of thiazole rings is 2. The normalized spacial score (nSPS) is 14.7. The third-order valence-corrected chi connectivity index (χ3v) is 6.04. The molecule has 2 heterocycles. The van der Waals surface area contributed by atoms with Crippen LogP contribution in [0, 0.1) is 6.92 Å². The standard InChI is InChI=1S/C16H14N2S2/c1-10-14(12-7-8-12)20-16(18-10)15-17-9-13(19-15)11-5-3-2-4-6-11/h2-6,9,12H,7-8H2,1H3. The van der Waals surface area contributed by atoms with Crippen molar-refractivity contribution in [2.45, 2.75) is 25.7 Å². The number of benzene rings is 1. The lowest BCUT2D eigenvalue weighted by Crippen LogP contribution is -1.77. The number of aryl methyl sites for hydroxylation is 1. The molecule has 20 heavy (non-hydrogen) atoms. The van der Waals surface area contributed by atoms with Crippen molar-refractivity contribution in [3.8, 4) is 20.5 Å². The quantitative estimate of drug-likeness (QED) is 0.670. The Morgan fingerprint density at radius 3 is 2.60 bits per heavy atom. The molecule has 4 rings (SSSR count). The molecule has 1 aliphatic rings. The first-order valence-electron chi connectivity index (χ1n) is 6.80. The Labute approximate surface area is 126 Å². The van der Waals surface area contributed by atoms with Crippen molar-refractivity contribution in [3.63, 3.8) is 0 Å². The van der Waals surface area contributed by atoms with Crippen LogP contribution in [0.15, 0.2) is 36.5 Å². The molecular weight excluding hydrogens is 284 g/mol. The van der Waals surface area contributed by atoms with Crippen molar-refractivity contribution in [2.75, 3.05) is 0 Å². The van der Waals surface area contributed by atoms with Gasteiger partial charge in [0.25, 0.3) is 0 Å². The summed E-state index contributed by atoms with van der Waals surface area (Å²) in [5, 5.41) is 2.13. The fraction of sp³-hybridized carbons (Fsp3) is 0.250. The van der Waals surface area contributed by atoms with Crippen LogP contribution in [0.4, 0.5) is 0 Å². The largest absolute Gasteiger partial charge is 0.241 e. The van der Waals surface area contributed by atoms with E-state index in [0.717, 1.165) is 15.9 Å². The van der Waals surface area contributed by atoms with Crippen LogP contribution in [0.5, 0.6) is 0 Å². The fourth-order valence-electron chi connectivity index (χ4n) is 2.33. The van der Waals surface area contributed by atoms with Gasteiger partial charge in [0, 0.05) is 11.1 Å². The monoisotopic (exact) mass is 298 g/mol. The van der Waals surface area contributed by atoms with E-state index in [4.69, 9.17) is 4.98 Å². The van der Waals surface area contributed by atoms with Gasteiger partial charge in [-0.1, -0.05) is 30.3 Å². The zero-order chi connectivity index (χ0) is 13.5. The predicted octanol–water partition coefficient (Wildman–Crippen LogP) is 5.12. The second-order valence-corrected chi connectivity index (χ2v) is 7.20. The maximum absolute atomic E-state index is 4.72. The number of hydrogen-bond donors (Lipinski definition) is 0. The van der Waals surface area contributed by atoms with Gasteiger partial charge in [0.1, 0.15) is 0 Å². The summed E-state index contributed by atoms with van der Waals surface area (Å²) in [6, 6.07) is 10.4. The van der Waals surface area contributed by atoms with E-state index in [2.05, 4.69) is 36.2 Å². The smallest absolute Gasteiger partial charge is 0.152 e. The number of rotatable bonds is 3. The average molecular weight is 298 g/mol. The lowest BCUT2D eigenvalue weighted by Gasteiger charge is -1.93. The lowest BCUT2D eigenvalue weighted by atomic mass is 10.2. The molecule has 4 heteroatoms. The van der Waals surface area contributed by atoms with Gasteiger partial charge in [-0.25, -0.2) is 9.97 Å². The summed E-state index contributed by atoms with van der Waals surface area (Å²) in [4.78, 5) is 12.0. The van der Waals surface area contributed by atoms with Crippen molar-refractivity contribution < 1.29 is 0 Å². The average Bonchev–Trinajstić information content (AvgIpc) is 3.06. The number of hydrogen-bond acceptors (Lipinski definition) is 4. The molecule has 0 amide bonds. The molecule has 1 saturated carbocycles. The minimum Gasteiger partial charge on any atom is -0.241 e. The summed E-state index contributed by atoms with van der Waals surface area (Å²) < 4.78 is 0. The Morgan fingerprint density at radius 1 is 1.05 bits per heavy atom. The van der Waals surface area contributed by atoms with E-state index in [0.29, 0.717) is 0 Å². The highest BCUT2D eigenvalue weighted by Crippen LogP contribution is 2.46. The van der Waals surface area contributed by atoms with E-state index in [1.807, 2.05) is 23.6 Å². The van der Waals surface area contributed by atoms with Crippen molar-refractivity contribution in [1.82, 2.24) is 9.97 Å². The van der Waals surface area contributed by atoms with Gasteiger partial charge in [0.15, 0.2) is 10.0 Å². The van der Waals surface area contributed by atoms with Crippen molar-refractivity contribution in [1.29, 1.82) is 0 Å². The lowest BCUT2D eigenvalue weighted by molar-refractivity contribution is 1.11. The summed E-state index contributed by atoms with van der Waals surface area (Å²) in [7, 11) is 0. The molecule has 2 nitrogen and oxygen atoms in total. The Hall–Kier alpha value is -1.52. The zero-order valence-corrected chi connectivity index (χ0v) is 12.8. The molecular formula is C16H14N2S2. The molecule has 0 spiro atoms. The molecule has 0 radical (unpaired) electrons. The molecule has 1 aliphatic carbocycles. The van der Waals surface area contributed by atoms with Crippen LogP contribution >= 0.6 is 22.7 Å². The zero-order valence-electron chi connectivity index (χ0n) is 11.2. The van der Waals surface area contributed by atoms with Crippen LogP contribution in [-0.4, -0.2) is 9.97 Å². The summed E-state index contributed by atoms with van der Waals surface area (Å²) in [5.74, 6) is 0.773. The topological polar surface area (TPSA) is 25.8 Å². The van der Waals surface area contributed by atoms with Gasteiger partial charge in [-0.05, 0) is 31.2 Å².